The fraction of sp³-hybridized carbons (Fsp3) is 0.429. The van der Waals surface area contributed by atoms with Crippen LogP contribution in [0.4, 0.5) is 14.5 Å². The maximum absolute atomic E-state index is 13.5. The van der Waals surface area contributed by atoms with Crippen LogP contribution in [-0.4, -0.2) is 44.6 Å². The predicted octanol–water partition coefficient (Wildman–Crippen LogP) is 1.86. The second kappa shape index (κ2) is 7.67. The highest BCUT2D eigenvalue weighted by molar-refractivity contribution is 7.99. The van der Waals surface area contributed by atoms with E-state index in [1.807, 2.05) is 0 Å². The number of carbonyl (C=O) groups is 1. The first-order valence-corrected chi connectivity index (χ1v) is 8.36. The van der Waals surface area contributed by atoms with Crippen LogP contribution in [0.5, 0.6) is 0 Å². The first kappa shape index (κ1) is 16.8. The number of nitrogens with one attached hydrogen (secondary N) is 1. The van der Waals surface area contributed by atoms with Crippen molar-refractivity contribution in [1.82, 2.24) is 20.2 Å². The molecule has 1 amide bonds. The molecule has 0 saturated carbocycles. The van der Waals surface area contributed by atoms with E-state index in [9.17, 15) is 13.6 Å². The zero-order chi connectivity index (χ0) is 16.9. The molecular formula is C14H15F2N5O2S. The van der Waals surface area contributed by atoms with Crippen LogP contribution in [0.15, 0.2) is 23.4 Å². The van der Waals surface area contributed by atoms with E-state index in [2.05, 4.69) is 20.8 Å². The number of tetrazole rings is 1. The topological polar surface area (TPSA) is 81.9 Å². The molecule has 1 aliphatic heterocycles. The van der Waals surface area contributed by atoms with Gasteiger partial charge in [-0.05, 0) is 35.4 Å². The number of carbonyl (C=O) groups excluding carboxylic acids is 1. The molecular weight excluding hydrogens is 340 g/mol. The summed E-state index contributed by atoms with van der Waals surface area (Å²) in [4.78, 5) is 11.9. The highest BCUT2D eigenvalue weighted by Crippen LogP contribution is 2.20. The van der Waals surface area contributed by atoms with Crippen molar-refractivity contribution in [3.8, 4) is 0 Å². The van der Waals surface area contributed by atoms with Gasteiger partial charge >= 0.3 is 0 Å². The van der Waals surface area contributed by atoms with Gasteiger partial charge in [0.25, 0.3) is 0 Å². The second-order valence-electron chi connectivity index (χ2n) is 5.24. The smallest absolute Gasteiger partial charge is 0.234 e. The molecule has 10 heteroatoms. The Labute approximate surface area is 140 Å². The number of thioether (sulfide) groups is 1. The van der Waals surface area contributed by atoms with E-state index in [1.54, 1.807) is 4.68 Å². The molecule has 3 rings (SSSR count). The van der Waals surface area contributed by atoms with Crippen LogP contribution in [-0.2, 0) is 16.1 Å². The number of anilines is 1. The maximum atomic E-state index is 13.5. The zero-order valence-corrected chi connectivity index (χ0v) is 13.4. The van der Waals surface area contributed by atoms with Crippen molar-refractivity contribution in [1.29, 1.82) is 0 Å². The Bertz CT molecular complexity index is 721. The lowest BCUT2D eigenvalue weighted by Gasteiger charge is -2.10. The molecule has 1 N–H and O–H groups in total. The highest BCUT2D eigenvalue weighted by Gasteiger charge is 2.19. The van der Waals surface area contributed by atoms with Gasteiger partial charge in [0, 0.05) is 12.7 Å². The zero-order valence-electron chi connectivity index (χ0n) is 12.6. The lowest BCUT2D eigenvalue weighted by Crippen LogP contribution is -2.18. The fourth-order valence-corrected chi connectivity index (χ4v) is 2.99. The first-order chi connectivity index (χ1) is 11.6. The van der Waals surface area contributed by atoms with Crippen molar-refractivity contribution < 1.29 is 18.3 Å². The molecule has 2 heterocycles. The van der Waals surface area contributed by atoms with Gasteiger partial charge in [0.15, 0.2) is 0 Å². The summed E-state index contributed by atoms with van der Waals surface area (Å²) >= 11 is 1.12. The van der Waals surface area contributed by atoms with Gasteiger partial charge in [-0.15, -0.1) is 5.10 Å². The van der Waals surface area contributed by atoms with Gasteiger partial charge in [-0.3, -0.25) is 4.79 Å². The van der Waals surface area contributed by atoms with Crippen LogP contribution in [0.25, 0.3) is 0 Å². The number of halogens is 2. The molecule has 7 nitrogen and oxygen atoms in total. The average Bonchev–Trinajstić information content (AvgIpc) is 3.21. The summed E-state index contributed by atoms with van der Waals surface area (Å²) in [5, 5.41) is 14.1. The summed E-state index contributed by atoms with van der Waals surface area (Å²) < 4.78 is 33.7. The number of rotatable bonds is 6. The Morgan fingerprint density at radius 1 is 1.46 bits per heavy atom. The predicted molar refractivity (Wildman–Crippen MR) is 82.5 cm³/mol. The third-order valence-electron chi connectivity index (χ3n) is 3.43. The van der Waals surface area contributed by atoms with Gasteiger partial charge in [0.1, 0.15) is 11.6 Å². The summed E-state index contributed by atoms with van der Waals surface area (Å²) in [6.07, 6.45) is 2.03. The number of aromatic nitrogens is 4. The normalized spacial score (nSPS) is 17.2. The monoisotopic (exact) mass is 355 g/mol. The fourth-order valence-electron chi connectivity index (χ4n) is 2.31. The molecule has 0 aliphatic carbocycles. The molecule has 1 fully saturated rings. The molecule has 1 aromatic heterocycles. The minimum absolute atomic E-state index is 0.0259. The third-order valence-corrected chi connectivity index (χ3v) is 4.39. The number of hydrogen-bond donors (Lipinski definition) is 1. The number of hydrogen-bond acceptors (Lipinski definition) is 6. The molecule has 2 aromatic rings. The Morgan fingerprint density at radius 2 is 2.33 bits per heavy atom. The summed E-state index contributed by atoms with van der Waals surface area (Å²) in [6.45, 7) is 1.26. The van der Waals surface area contributed by atoms with E-state index in [-0.39, 0.29) is 17.5 Å². The van der Waals surface area contributed by atoms with Crippen molar-refractivity contribution in [3.05, 3.63) is 29.8 Å². The van der Waals surface area contributed by atoms with Crippen molar-refractivity contribution in [2.75, 3.05) is 17.7 Å². The minimum Gasteiger partial charge on any atom is -0.376 e. The molecule has 1 aromatic carbocycles. The number of amides is 1. The number of benzene rings is 1. The molecule has 1 aliphatic rings. The molecule has 0 bridgehead atoms. The second-order valence-corrected chi connectivity index (χ2v) is 6.18. The maximum Gasteiger partial charge on any atom is 0.234 e. The van der Waals surface area contributed by atoms with Gasteiger partial charge in [-0.2, -0.15) is 0 Å². The first-order valence-electron chi connectivity index (χ1n) is 7.37. The summed E-state index contributed by atoms with van der Waals surface area (Å²) in [7, 11) is 0. The van der Waals surface area contributed by atoms with E-state index >= 15 is 0 Å². The Kier molecular flexibility index (Phi) is 5.36. The largest absolute Gasteiger partial charge is 0.376 e. The lowest BCUT2D eigenvalue weighted by molar-refractivity contribution is -0.113. The lowest BCUT2D eigenvalue weighted by atomic mass is 10.2. The Hall–Kier alpha value is -2.07. The van der Waals surface area contributed by atoms with Crippen LogP contribution < -0.4 is 5.32 Å². The molecule has 0 radical (unpaired) electrons. The van der Waals surface area contributed by atoms with E-state index in [0.717, 1.165) is 49.4 Å². The molecule has 24 heavy (non-hydrogen) atoms. The SMILES string of the molecule is O=C(CSc1nnnn1CC1CCCO1)Nc1cc(F)ccc1F. The van der Waals surface area contributed by atoms with Crippen LogP contribution in [0.2, 0.25) is 0 Å². The van der Waals surface area contributed by atoms with E-state index < -0.39 is 17.5 Å². The summed E-state index contributed by atoms with van der Waals surface area (Å²) in [5.41, 5.74) is -0.195. The van der Waals surface area contributed by atoms with E-state index in [4.69, 9.17) is 4.74 Å². The van der Waals surface area contributed by atoms with Crippen LogP contribution >= 0.6 is 11.8 Å². The standard InChI is InChI=1S/C14H15F2N5O2S/c15-9-3-4-11(16)12(6-9)17-13(22)8-24-14-18-19-20-21(14)7-10-2-1-5-23-10/h3-4,6,10H,1-2,5,7-8H2,(H,17,22). The minimum atomic E-state index is -0.696. The molecule has 1 unspecified atom stereocenters. The van der Waals surface area contributed by atoms with E-state index in [1.165, 1.54) is 0 Å². The molecule has 0 spiro atoms. The average molecular weight is 355 g/mol. The Morgan fingerprint density at radius 3 is 3.12 bits per heavy atom. The Balaban J connectivity index is 1.54. The van der Waals surface area contributed by atoms with Gasteiger partial charge in [0.05, 0.1) is 24.1 Å². The van der Waals surface area contributed by atoms with Crippen LogP contribution in [0.3, 0.4) is 0 Å². The highest BCUT2D eigenvalue weighted by atomic mass is 32.2. The molecule has 1 saturated heterocycles. The van der Waals surface area contributed by atoms with Crippen molar-refractivity contribution in [2.45, 2.75) is 30.6 Å². The van der Waals surface area contributed by atoms with Gasteiger partial charge < -0.3 is 10.1 Å². The van der Waals surface area contributed by atoms with Gasteiger partial charge in [-0.25, -0.2) is 13.5 Å². The van der Waals surface area contributed by atoms with Crippen LogP contribution in [0, 0.1) is 11.6 Å². The van der Waals surface area contributed by atoms with Gasteiger partial charge in [-0.1, -0.05) is 11.8 Å². The summed E-state index contributed by atoms with van der Waals surface area (Å²) in [6, 6.07) is 2.87. The quantitative estimate of drug-likeness (QED) is 0.797. The molecule has 1 atom stereocenters. The van der Waals surface area contributed by atoms with Crippen molar-refractivity contribution in [3.63, 3.8) is 0 Å². The molecule has 128 valence electrons. The van der Waals surface area contributed by atoms with Crippen LogP contribution in [0.1, 0.15) is 12.8 Å². The number of nitrogens with zero attached hydrogens (tertiary/aromatic N) is 4. The third kappa shape index (κ3) is 4.26. The van der Waals surface area contributed by atoms with Crippen molar-refractivity contribution in [2.24, 2.45) is 0 Å². The van der Waals surface area contributed by atoms with Gasteiger partial charge in [0.2, 0.25) is 11.1 Å². The summed E-state index contributed by atoms with van der Waals surface area (Å²) in [5.74, 6) is -1.82. The van der Waals surface area contributed by atoms with E-state index in [0.29, 0.717) is 11.7 Å². The number of ether oxygens (including phenoxy) is 1. The van der Waals surface area contributed by atoms with Crippen molar-refractivity contribution >= 4 is 23.4 Å².